The Balaban J connectivity index is 1.86. The molecule has 0 bridgehead atoms. The van der Waals surface area contributed by atoms with Crippen LogP contribution in [-0.2, 0) is 0 Å². The molecule has 0 fully saturated rings. The maximum absolute atomic E-state index is 8.80. The van der Waals surface area contributed by atoms with E-state index in [0.717, 1.165) is 11.4 Å². The number of thiazole rings is 1. The maximum Gasteiger partial charge on any atom is 0.231 e. The Morgan fingerprint density at radius 1 is 1.39 bits per heavy atom. The van der Waals surface area contributed by atoms with E-state index in [9.17, 15) is 0 Å². The van der Waals surface area contributed by atoms with Gasteiger partial charge in [-0.05, 0) is 12.1 Å². The van der Waals surface area contributed by atoms with Crippen LogP contribution in [0.2, 0.25) is 5.15 Å². The SMILES string of the molecule is N#Cc1sc(Nc2ccc3c(c2)OCO3)nc1Cl. The van der Waals surface area contributed by atoms with E-state index in [1.807, 2.05) is 24.3 Å². The minimum absolute atomic E-state index is 0.214. The van der Waals surface area contributed by atoms with Gasteiger partial charge < -0.3 is 14.8 Å². The number of aromatic nitrogens is 1. The van der Waals surface area contributed by atoms with Crippen LogP contribution in [0.5, 0.6) is 11.5 Å². The number of nitrogens with zero attached hydrogens (tertiary/aromatic N) is 2. The molecule has 2 heterocycles. The van der Waals surface area contributed by atoms with Crippen LogP contribution in [0.3, 0.4) is 0 Å². The molecule has 18 heavy (non-hydrogen) atoms. The standard InChI is InChI=1S/C11H6ClN3O2S/c12-10-9(4-13)18-11(15-10)14-6-1-2-7-8(3-6)17-5-16-7/h1-3H,5H2,(H,14,15). The second-order valence-electron chi connectivity index (χ2n) is 3.44. The zero-order valence-electron chi connectivity index (χ0n) is 8.94. The van der Waals surface area contributed by atoms with E-state index in [1.165, 1.54) is 11.3 Å². The van der Waals surface area contributed by atoms with Gasteiger partial charge in [-0.15, -0.1) is 0 Å². The van der Waals surface area contributed by atoms with Gasteiger partial charge in [0.05, 0.1) is 0 Å². The van der Waals surface area contributed by atoms with E-state index in [-0.39, 0.29) is 11.9 Å². The molecule has 1 aromatic heterocycles. The Morgan fingerprint density at radius 2 is 2.22 bits per heavy atom. The van der Waals surface area contributed by atoms with E-state index in [1.54, 1.807) is 0 Å². The summed E-state index contributed by atoms with van der Waals surface area (Å²) in [4.78, 5) is 4.44. The fourth-order valence-corrected chi connectivity index (χ4v) is 2.49. The van der Waals surface area contributed by atoms with Crippen LogP contribution < -0.4 is 14.8 Å². The van der Waals surface area contributed by atoms with Crippen LogP contribution in [0.1, 0.15) is 4.88 Å². The lowest BCUT2D eigenvalue weighted by Crippen LogP contribution is -1.93. The number of hydrogen-bond acceptors (Lipinski definition) is 6. The van der Waals surface area contributed by atoms with Gasteiger partial charge in [-0.25, -0.2) is 4.98 Å². The van der Waals surface area contributed by atoms with Crippen molar-refractivity contribution in [2.24, 2.45) is 0 Å². The number of nitrogens with one attached hydrogen (secondary N) is 1. The monoisotopic (exact) mass is 279 g/mol. The molecular formula is C11H6ClN3O2S. The molecule has 2 aromatic rings. The molecule has 0 unspecified atom stereocenters. The van der Waals surface area contributed by atoms with Gasteiger partial charge in [0.2, 0.25) is 6.79 Å². The summed E-state index contributed by atoms with van der Waals surface area (Å²) in [6.45, 7) is 0.237. The van der Waals surface area contributed by atoms with E-state index >= 15 is 0 Å². The molecule has 1 N–H and O–H groups in total. The number of anilines is 2. The molecule has 7 heteroatoms. The van der Waals surface area contributed by atoms with Gasteiger partial charge in [0.15, 0.2) is 21.8 Å². The van der Waals surface area contributed by atoms with Crippen molar-refractivity contribution in [1.29, 1.82) is 5.26 Å². The van der Waals surface area contributed by atoms with E-state index in [4.69, 9.17) is 26.3 Å². The quantitative estimate of drug-likeness (QED) is 0.915. The van der Waals surface area contributed by atoms with Gasteiger partial charge in [0.25, 0.3) is 0 Å². The minimum Gasteiger partial charge on any atom is -0.454 e. The number of halogens is 1. The lowest BCUT2D eigenvalue weighted by molar-refractivity contribution is 0.174. The molecule has 1 aliphatic rings. The predicted molar refractivity (Wildman–Crippen MR) is 67.7 cm³/mol. The molecule has 0 atom stereocenters. The third-order valence-electron chi connectivity index (χ3n) is 2.31. The van der Waals surface area contributed by atoms with E-state index in [2.05, 4.69) is 10.3 Å². The number of nitriles is 1. The maximum atomic E-state index is 8.80. The molecule has 0 saturated heterocycles. The van der Waals surface area contributed by atoms with Crippen molar-refractivity contribution in [1.82, 2.24) is 4.98 Å². The summed E-state index contributed by atoms with van der Waals surface area (Å²) < 4.78 is 10.5. The Labute approximate surface area is 112 Å². The average Bonchev–Trinajstić information content (AvgIpc) is 2.95. The van der Waals surface area contributed by atoms with Crippen LogP contribution in [0, 0.1) is 11.3 Å². The van der Waals surface area contributed by atoms with Gasteiger partial charge in [0.1, 0.15) is 10.9 Å². The molecule has 90 valence electrons. The fourth-order valence-electron chi connectivity index (χ4n) is 1.52. The highest BCUT2D eigenvalue weighted by molar-refractivity contribution is 7.16. The minimum atomic E-state index is 0.214. The van der Waals surface area contributed by atoms with Crippen molar-refractivity contribution in [2.75, 3.05) is 12.1 Å². The lowest BCUT2D eigenvalue weighted by atomic mass is 10.3. The second-order valence-corrected chi connectivity index (χ2v) is 4.80. The number of rotatable bonds is 2. The van der Waals surface area contributed by atoms with Gasteiger partial charge in [-0.3, -0.25) is 0 Å². The molecule has 0 saturated carbocycles. The van der Waals surface area contributed by atoms with E-state index in [0.29, 0.717) is 15.8 Å². The number of benzene rings is 1. The molecule has 1 aliphatic heterocycles. The van der Waals surface area contributed by atoms with E-state index < -0.39 is 0 Å². The average molecular weight is 280 g/mol. The van der Waals surface area contributed by atoms with Crippen molar-refractivity contribution in [3.8, 4) is 17.6 Å². The summed E-state index contributed by atoms with van der Waals surface area (Å²) in [5, 5.41) is 12.6. The van der Waals surface area contributed by atoms with Crippen LogP contribution in [0.4, 0.5) is 10.8 Å². The first-order chi connectivity index (χ1) is 8.76. The van der Waals surface area contributed by atoms with Crippen LogP contribution in [0.25, 0.3) is 0 Å². The van der Waals surface area contributed by atoms with Crippen molar-refractivity contribution in [3.05, 3.63) is 28.2 Å². The molecular weight excluding hydrogens is 274 g/mol. The highest BCUT2D eigenvalue weighted by atomic mass is 35.5. The summed E-state index contributed by atoms with van der Waals surface area (Å²) in [6.07, 6.45) is 0. The number of hydrogen-bond donors (Lipinski definition) is 1. The van der Waals surface area contributed by atoms with Gasteiger partial charge in [-0.1, -0.05) is 22.9 Å². The summed E-state index contributed by atoms with van der Waals surface area (Å²) in [5.74, 6) is 1.40. The van der Waals surface area contributed by atoms with Gasteiger partial charge in [0, 0.05) is 11.8 Å². The highest BCUT2D eigenvalue weighted by Crippen LogP contribution is 2.36. The molecule has 0 spiro atoms. The van der Waals surface area contributed by atoms with Gasteiger partial charge >= 0.3 is 0 Å². The summed E-state index contributed by atoms with van der Waals surface area (Å²) in [7, 11) is 0. The lowest BCUT2D eigenvalue weighted by Gasteiger charge is -2.03. The third kappa shape index (κ3) is 1.94. The third-order valence-corrected chi connectivity index (χ3v) is 3.57. The fraction of sp³-hybridized carbons (Fsp3) is 0.0909. The largest absolute Gasteiger partial charge is 0.454 e. The Bertz CT molecular complexity index is 650. The zero-order valence-corrected chi connectivity index (χ0v) is 10.5. The van der Waals surface area contributed by atoms with Crippen molar-refractivity contribution in [3.63, 3.8) is 0 Å². The van der Waals surface area contributed by atoms with Crippen molar-refractivity contribution >= 4 is 33.8 Å². The normalized spacial score (nSPS) is 12.2. The second kappa shape index (κ2) is 4.37. The molecule has 3 rings (SSSR count). The Kier molecular flexibility index (Phi) is 2.70. The zero-order chi connectivity index (χ0) is 12.5. The first kappa shape index (κ1) is 11.1. The molecule has 1 aromatic carbocycles. The summed E-state index contributed by atoms with van der Waals surface area (Å²) in [5.41, 5.74) is 0.800. The highest BCUT2D eigenvalue weighted by Gasteiger charge is 2.14. The van der Waals surface area contributed by atoms with Gasteiger partial charge in [-0.2, -0.15) is 5.26 Å². The smallest absolute Gasteiger partial charge is 0.231 e. The molecule has 0 aliphatic carbocycles. The summed E-state index contributed by atoms with van der Waals surface area (Å²) in [6, 6.07) is 7.44. The first-order valence-electron chi connectivity index (χ1n) is 4.99. The van der Waals surface area contributed by atoms with Crippen molar-refractivity contribution < 1.29 is 9.47 Å². The first-order valence-corrected chi connectivity index (χ1v) is 6.19. The Hall–Kier alpha value is -1.97. The molecule has 5 nitrogen and oxygen atoms in total. The molecule has 0 amide bonds. The summed E-state index contributed by atoms with van der Waals surface area (Å²) >= 11 is 7.00. The van der Waals surface area contributed by atoms with Crippen molar-refractivity contribution in [2.45, 2.75) is 0 Å². The Morgan fingerprint density at radius 3 is 3.00 bits per heavy atom. The topological polar surface area (TPSA) is 67.2 Å². The van der Waals surface area contributed by atoms with Crippen LogP contribution >= 0.6 is 22.9 Å². The van der Waals surface area contributed by atoms with Crippen LogP contribution in [-0.4, -0.2) is 11.8 Å². The number of ether oxygens (including phenoxy) is 2. The number of fused-ring (bicyclic) bond motifs is 1. The molecule has 0 radical (unpaired) electrons. The predicted octanol–water partition coefficient (Wildman–Crippen LogP) is 3.14. The van der Waals surface area contributed by atoms with Crippen LogP contribution in [0.15, 0.2) is 18.2 Å².